The van der Waals surface area contributed by atoms with Crippen molar-refractivity contribution in [1.29, 1.82) is 0 Å². The summed E-state index contributed by atoms with van der Waals surface area (Å²) in [5.74, 6) is 0.0579. The van der Waals surface area contributed by atoms with Crippen LogP contribution < -0.4 is 11.1 Å². The number of hydrogen-bond donors (Lipinski definition) is 2. The van der Waals surface area contributed by atoms with Gasteiger partial charge in [0.15, 0.2) is 0 Å². The number of halogens is 1. The summed E-state index contributed by atoms with van der Waals surface area (Å²) in [5.41, 5.74) is 7.02. The van der Waals surface area contributed by atoms with Crippen molar-refractivity contribution in [3.63, 3.8) is 0 Å². The minimum Gasteiger partial charge on any atom is -0.355 e. The first-order valence-corrected chi connectivity index (χ1v) is 7.00. The number of carbonyl (C=O) groups excluding carboxylic acids is 1. The fourth-order valence-electron chi connectivity index (χ4n) is 2.52. The number of amides is 1. The Balaban J connectivity index is 2.09. The van der Waals surface area contributed by atoms with E-state index in [0.717, 1.165) is 17.1 Å². The first-order chi connectivity index (χ1) is 9.11. The fraction of sp³-hybridized carbons (Fsp3) is 0.500. The molecule has 1 amide bonds. The molecular formula is C14H20ClN3O. The average molecular weight is 282 g/mol. The minimum absolute atomic E-state index is 0.0510. The largest absolute Gasteiger partial charge is 0.355 e. The van der Waals surface area contributed by atoms with Gasteiger partial charge in [0.25, 0.3) is 0 Å². The molecule has 5 heteroatoms. The Hall–Kier alpha value is -1.10. The van der Waals surface area contributed by atoms with Crippen LogP contribution in [0.5, 0.6) is 0 Å². The van der Waals surface area contributed by atoms with E-state index < -0.39 is 0 Å². The van der Waals surface area contributed by atoms with Gasteiger partial charge in [-0.2, -0.15) is 0 Å². The summed E-state index contributed by atoms with van der Waals surface area (Å²) in [6.07, 6.45) is 0.705. The molecule has 1 aliphatic heterocycles. The van der Waals surface area contributed by atoms with Crippen molar-refractivity contribution in [3.8, 4) is 0 Å². The number of hydrogen-bond acceptors (Lipinski definition) is 3. The number of likely N-dealkylation sites (tertiary alicyclic amines) is 1. The summed E-state index contributed by atoms with van der Waals surface area (Å²) in [6, 6.07) is 7.62. The molecule has 104 valence electrons. The van der Waals surface area contributed by atoms with Crippen molar-refractivity contribution < 1.29 is 4.79 Å². The third-order valence-electron chi connectivity index (χ3n) is 3.42. The van der Waals surface area contributed by atoms with Gasteiger partial charge < -0.3 is 11.1 Å². The Labute approximate surface area is 118 Å². The predicted molar refractivity (Wildman–Crippen MR) is 76.9 cm³/mol. The molecule has 0 aromatic heterocycles. The number of likely N-dealkylation sites (N-methyl/N-ethyl adjacent to an activating group) is 1. The van der Waals surface area contributed by atoms with Crippen LogP contribution in [0.3, 0.4) is 0 Å². The van der Waals surface area contributed by atoms with E-state index in [0.29, 0.717) is 19.5 Å². The third kappa shape index (κ3) is 3.47. The molecular weight excluding hydrogens is 262 g/mol. The number of rotatable bonds is 4. The molecule has 0 aliphatic carbocycles. The Morgan fingerprint density at radius 2 is 2.26 bits per heavy atom. The second kappa shape index (κ2) is 6.37. The Bertz CT molecular complexity index is 452. The molecule has 2 atom stereocenters. The smallest absolute Gasteiger partial charge is 0.237 e. The van der Waals surface area contributed by atoms with Gasteiger partial charge in [-0.25, -0.2) is 0 Å². The van der Waals surface area contributed by atoms with Crippen molar-refractivity contribution in [2.75, 3.05) is 13.1 Å². The van der Waals surface area contributed by atoms with Crippen LogP contribution in [0.1, 0.15) is 18.9 Å². The fourth-order valence-corrected chi connectivity index (χ4v) is 2.72. The number of nitrogens with one attached hydrogen (secondary N) is 1. The van der Waals surface area contributed by atoms with Gasteiger partial charge in [0.1, 0.15) is 0 Å². The summed E-state index contributed by atoms with van der Waals surface area (Å²) in [4.78, 5) is 14.1. The molecule has 0 spiro atoms. The molecule has 1 aromatic carbocycles. The summed E-state index contributed by atoms with van der Waals surface area (Å²) in [5, 5.41) is 3.60. The maximum absolute atomic E-state index is 12.0. The third-order valence-corrected chi connectivity index (χ3v) is 3.79. The van der Waals surface area contributed by atoms with Crippen LogP contribution in [-0.4, -0.2) is 36.0 Å². The Morgan fingerprint density at radius 1 is 1.53 bits per heavy atom. The molecule has 19 heavy (non-hydrogen) atoms. The van der Waals surface area contributed by atoms with Crippen molar-refractivity contribution in [2.24, 2.45) is 5.73 Å². The Morgan fingerprint density at radius 3 is 2.95 bits per heavy atom. The second-order valence-corrected chi connectivity index (χ2v) is 5.33. The lowest BCUT2D eigenvalue weighted by Gasteiger charge is -2.23. The van der Waals surface area contributed by atoms with E-state index in [1.807, 2.05) is 31.2 Å². The van der Waals surface area contributed by atoms with Crippen LogP contribution in [0.2, 0.25) is 5.02 Å². The van der Waals surface area contributed by atoms with Gasteiger partial charge in [-0.15, -0.1) is 0 Å². The number of benzene rings is 1. The van der Waals surface area contributed by atoms with Crippen LogP contribution in [0.25, 0.3) is 0 Å². The van der Waals surface area contributed by atoms with Gasteiger partial charge in [0.05, 0.1) is 6.04 Å². The molecule has 0 saturated carbocycles. The molecule has 1 aromatic rings. The van der Waals surface area contributed by atoms with Gasteiger partial charge >= 0.3 is 0 Å². The molecule has 1 fully saturated rings. The van der Waals surface area contributed by atoms with Gasteiger partial charge in [0.2, 0.25) is 5.91 Å². The first kappa shape index (κ1) is 14.3. The zero-order chi connectivity index (χ0) is 13.8. The van der Waals surface area contributed by atoms with E-state index in [4.69, 9.17) is 17.3 Å². The Kier molecular flexibility index (Phi) is 4.80. The van der Waals surface area contributed by atoms with E-state index in [1.54, 1.807) is 0 Å². The summed E-state index contributed by atoms with van der Waals surface area (Å²) < 4.78 is 0. The standard InChI is InChI=1S/C14H20ClN3O/c1-2-17-14(19)13-7-11(16)9-18(13)8-10-5-3-4-6-12(10)15/h3-6,11,13H,2,7-9,16H2,1H3,(H,17,19)/t11-,13-/m0/s1. The summed E-state index contributed by atoms with van der Waals surface area (Å²) in [6.45, 7) is 3.96. The van der Waals surface area contributed by atoms with Crippen LogP contribution in [0, 0.1) is 0 Å². The lowest BCUT2D eigenvalue weighted by molar-refractivity contribution is -0.125. The van der Waals surface area contributed by atoms with Crippen LogP contribution in [0.4, 0.5) is 0 Å². The average Bonchev–Trinajstić information content (AvgIpc) is 2.74. The van der Waals surface area contributed by atoms with Gasteiger partial charge in [-0.05, 0) is 25.0 Å². The SMILES string of the molecule is CCNC(=O)[C@@H]1C[C@H](N)CN1Cc1ccccc1Cl. The minimum atomic E-state index is -0.147. The van der Waals surface area contributed by atoms with Gasteiger partial charge in [0, 0.05) is 30.7 Å². The topological polar surface area (TPSA) is 58.4 Å². The number of nitrogens with two attached hydrogens (primary N) is 1. The molecule has 1 heterocycles. The first-order valence-electron chi connectivity index (χ1n) is 6.62. The highest BCUT2D eigenvalue weighted by Crippen LogP contribution is 2.23. The van der Waals surface area contributed by atoms with Gasteiger partial charge in [-0.3, -0.25) is 9.69 Å². The van der Waals surface area contributed by atoms with Crippen molar-refractivity contribution in [1.82, 2.24) is 10.2 Å². The normalized spacial score (nSPS) is 23.5. The van der Waals surface area contributed by atoms with Crippen LogP contribution >= 0.6 is 11.6 Å². The maximum atomic E-state index is 12.0. The second-order valence-electron chi connectivity index (χ2n) is 4.93. The molecule has 4 nitrogen and oxygen atoms in total. The van der Waals surface area contributed by atoms with Crippen molar-refractivity contribution in [2.45, 2.75) is 32.0 Å². The predicted octanol–water partition coefficient (Wildman–Crippen LogP) is 1.38. The lowest BCUT2D eigenvalue weighted by atomic mass is 10.1. The maximum Gasteiger partial charge on any atom is 0.237 e. The molecule has 2 rings (SSSR count). The van der Waals surface area contributed by atoms with E-state index >= 15 is 0 Å². The highest BCUT2D eigenvalue weighted by atomic mass is 35.5. The number of carbonyl (C=O) groups is 1. The highest BCUT2D eigenvalue weighted by molar-refractivity contribution is 6.31. The number of nitrogens with zero attached hydrogens (tertiary/aromatic N) is 1. The summed E-state index contributed by atoms with van der Waals surface area (Å²) >= 11 is 6.17. The highest BCUT2D eigenvalue weighted by Gasteiger charge is 2.34. The zero-order valence-electron chi connectivity index (χ0n) is 11.1. The molecule has 1 saturated heterocycles. The van der Waals surface area contributed by atoms with Crippen molar-refractivity contribution >= 4 is 17.5 Å². The molecule has 0 radical (unpaired) electrons. The molecule has 0 bridgehead atoms. The van der Waals surface area contributed by atoms with E-state index in [2.05, 4.69) is 10.2 Å². The zero-order valence-corrected chi connectivity index (χ0v) is 11.9. The summed E-state index contributed by atoms with van der Waals surface area (Å²) in [7, 11) is 0. The van der Waals surface area contributed by atoms with Gasteiger partial charge in [-0.1, -0.05) is 29.8 Å². The quantitative estimate of drug-likeness (QED) is 0.877. The van der Waals surface area contributed by atoms with Crippen LogP contribution in [0.15, 0.2) is 24.3 Å². The van der Waals surface area contributed by atoms with Crippen LogP contribution in [-0.2, 0) is 11.3 Å². The van der Waals surface area contributed by atoms with E-state index in [9.17, 15) is 4.79 Å². The van der Waals surface area contributed by atoms with Crippen molar-refractivity contribution in [3.05, 3.63) is 34.9 Å². The van der Waals surface area contributed by atoms with E-state index in [1.165, 1.54) is 0 Å². The van der Waals surface area contributed by atoms with E-state index in [-0.39, 0.29) is 18.0 Å². The molecule has 3 N–H and O–H groups in total. The lowest BCUT2D eigenvalue weighted by Crippen LogP contribution is -2.42. The monoisotopic (exact) mass is 281 g/mol. The molecule has 0 unspecified atom stereocenters. The molecule has 1 aliphatic rings.